The Balaban J connectivity index is 1.22. The summed E-state index contributed by atoms with van der Waals surface area (Å²) in [6, 6.07) is 25.0. The summed E-state index contributed by atoms with van der Waals surface area (Å²) in [5.74, 6) is -0.651. The van der Waals surface area contributed by atoms with Crippen molar-refractivity contribution in [1.82, 2.24) is 14.9 Å². The van der Waals surface area contributed by atoms with Crippen LogP contribution in [-0.4, -0.2) is 25.7 Å². The lowest BCUT2D eigenvalue weighted by Gasteiger charge is -2.12. The number of hydrogen-bond acceptors (Lipinski definition) is 4. The molecule has 0 saturated heterocycles. The highest BCUT2D eigenvalue weighted by Gasteiger charge is 2.12. The van der Waals surface area contributed by atoms with Gasteiger partial charge < -0.3 is 15.5 Å². The summed E-state index contributed by atoms with van der Waals surface area (Å²) in [6.45, 7) is 2.50. The predicted molar refractivity (Wildman–Crippen MR) is 157 cm³/mol. The van der Waals surface area contributed by atoms with Gasteiger partial charge in [-0.2, -0.15) is 5.10 Å². The first-order valence-electron chi connectivity index (χ1n) is 12.5. The maximum Gasteiger partial charge on any atom is 0.251 e. The van der Waals surface area contributed by atoms with Gasteiger partial charge in [0.25, 0.3) is 5.91 Å². The van der Waals surface area contributed by atoms with Crippen LogP contribution in [0.4, 0.5) is 0 Å². The van der Waals surface area contributed by atoms with Gasteiger partial charge in [0.15, 0.2) is 0 Å². The predicted octanol–water partition coefficient (Wildman–Crippen LogP) is 6.43. The minimum Gasteiger partial charge on any atom is -0.508 e. The zero-order chi connectivity index (χ0) is 26.6. The number of phenols is 2. The van der Waals surface area contributed by atoms with Crippen molar-refractivity contribution in [2.24, 2.45) is 0 Å². The van der Waals surface area contributed by atoms with E-state index in [9.17, 15) is 15.0 Å². The zero-order valence-electron chi connectivity index (χ0n) is 21.0. The number of halogens is 1. The Morgan fingerprint density at radius 1 is 0.921 bits per heavy atom. The number of benzene rings is 3. The van der Waals surface area contributed by atoms with Gasteiger partial charge in [-0.3, -0.25) is 4.79 Å². The Labute approximate surface area is 235 Å². The Morgan fingerprint density at radius 2 is 1.63 bits per heavy atom. The lowest BCUT2D eigenvalue weighted by atomic mass is 9.99. The highest BCUT2D eigenvalue weighted by Crippen LogP contribution is 2.28. The Kier molecular flexibility index (Phi) is 7.64. The van der Waals surface area contributed by atoms with Crippen LogP contribution in [0.5, 0.6) is 11.5 Å². The molecule has 38 heavy (non-hydrogen) atoms. The summed E-state index contributed by atoms with van der Waals surface area (Å²) in [7, 11) is 0. The van der Waals surface area contributed by atoms with Gasteiger partial charge in [-0.1, -0.05) is 48.5 Å². The van der Waals surface area contributed by atoms with Gasteiger partial charge in [-0.05, 0) is 101 Å². The molecule has 5 aromatic rings. The van der Waals surface area contributed by atoms with Crippen molar-refractivity contribution >= 4 is 34.0 Å². The molecule has 0 aliphatic rings. The maximum atomic E-state index is 12.4. The number of hydrogen-bond donors (Lipinski definition) is 3. The van der Waals surface area contributed by atoms with E-state index in [4.69, 9.17) is 0 Å². The lowest BCUT2D eigenvalue weighted by Crippen LogP contribution is -2.22. The highest BCUT2D eigenvalue weighted by atomic mass is 127. The first kappa shape index (κ1) is 25.8. The number of pyridine rings is 1. The van der Waals surface area contributed by atoms with E-state index in [0.717, 1.165) is 33.9 Å². The number of carbonyl (C=O) groups excluding carboxylic acids is 1. The SMILES string of the molecule is Cc1ccccc1-c1cc(CCCc2ccc(CNC(=O)c3cc(O)cc(O)c3)cc2)n2ncc(I)c2c1. The fourth-order valence-corrected chi connectivity index (χ4v) is 5.17. The van der Waals surface area contributed by atoms with E-state index in [2.05, 4.69) is 93.0 Å². The van der Waals surface area contributed by atoms with Crippen LogP contribution in [0.15, 0.2) is 85.1 Å². The van der Waals surface area contributed by atoms with E-state index in [-0.39, 0.29) is 23.0 Å². The fourth-order valence-electron chi connectivity index (χ4n) is 4.66. The Bertz CT molecular complexity index is 1590. The van der Waals surface area contributed by atoms with Crippen molar-refractivity contribution in [2.45, 2.75) is 32.7 Å². The monoisotopic (exact) mass is 617 g/mol. The molecular formula is C31H28IN3O3. The van der Waals surface area contributed by atoms with E-state index in [0.29, 0.717) is 6.54 Å². The molecule has 0 fully saturated rings. The first-order valence-corrected chi connectivity index (χ1v) is 13.6. The third-order valence-electron chi connectivity index (χ3n) is 6.64. The second-order valence-electron chi connectivity index (χ2n) is 9.43. The van der Waals surface area contributed by atoms with Crippen molar-refractivity contribution in [3.63, 3.8) is 0 Å². The summed E-state index contributed by atoms with van der Waals surface area (Å²) in [5, 5.41) is 26.6. The summed E-state index contributed by atoms with van der Waals surface area (Å²) in [6.07, 6.45) is 4.74. The van der Waals surface area contributed by atoms with Crippen molar-refractivity contribution < 1.29 is 15.0 Å². The van der Waals surface area contributed by atoms with Crippen LogP contribution < -0.4 is 5.32 Å². The lowest BCUT2D eigenvalue weighted by molar-refractivity contribution is 0.0950. The van der Waals surface area contributed by atoms with Crippen molar-refractivity contribution in [2.75, 3.05) is 0 Å². The number of nitrogens with zero attached hydrogens (tertiary/aromatic N) is 2. The smallest absolute Gasteiger partial charge is 0.251 e. The maximum absolute atomic E-state index is 12.4. The molecule has 0 aliphatic heterocycles. The van der Waals surface area contributed by atoms with E-state index in [1.54, 1.807) is 0 Å². The molecule has 3 aromatic carbocycles. The van der Waals surface area contributed by atoms with Gasteiger partial charge in [0.2, 0.25) is 0 Å². The molecule has 2 aromatic heterocycles. The number of aromatic hydroxyl groups is 2. The molecular weight excluding hydrogens is 589 g/mol. The van der Waals surface area contributed by atoms with E-state index in [1.807, 2.05) is 18.3 Å². The summed E-state index contributed by atoms with van der Waals surface area (Å²) < 4.78 is 3.20. The summed E-state index contributed by atoms with van der Waals surface area (Å²) in [4.78, 5) is 12.4. The van der Waals surface area contributed by atoms with E-state index < -0.39 is 0 Å². The Hall–Kier alpha value is -3.85. The quantitative estimate of drug-likeness (QED) is 0.175. The van der Waals surface area contributed by atoms with Crippen molar-refractivity contribution in [1.29, 1.82) is 0 Å². The molecule has 0 unspecified atom stereocenters. The molecule has 0 aliphatic carbocycles. The molecule has 192 valence electrons. The van der Waals surface area contributed by atoms with Crippen LogP contribution in [0.2, 0.25) is 0 Å². The normalized spacial score (nSPS) is 11.1. The largest absolute Gasteiger partial charge is 0.508 e. The van der Waals surface area contributed by atoms with Crippen LogP contribution >= 0.6 is 22.6 Å². The number of fused-ring (bicyclic) bond motifs is 1. The number of carbonyl (C=O) groups is 1. The number of rotatable bonds is 8. The van der Waals surface area contributed by atoms with Crippen molar-refractivity contribution in [3.8, 4) is 22.6 Å². The minimum atomic E-state index is -0.354. The number of phenolic OH excluding ortho intramolecular Hbond substituents is 2. The van der Waals surface area contributed by atoms with Gasteiger partial charge in [0, 0.05) is 23.9 Å². The molecule has 3 N–H and O–H groups in total. The van der Waals surface area contributed by atoms with E-state index in [1.165, 1.54) is 46.1 Å². The average Bonchev–Trinajstić information content (AvgIpc) is 3.28. The molecule has 0 atom stereocenters. The molecule has 2 heterocycles. The highest BCUT2D eigenvalue weighted by molar-refractivity contribution is 14.1. The second kappa shape index (κ2) is 11.3. The van der Waals surface area contributed by atoms with Crippen LogP contribution in [0.1, 0.15) is 39.2 Å². The molecule has 5 rings (SSSR count). The summed E-state index contributed by atoms with van der Waals surface area (Å²) in [5.41, 5.74) is 8.48. The van der Waals surface area contributed by atoms with Crippen LogP contribution in [0.3, 0.4) is 0 Å². The molecule has 0 saturated carbocycles. The summed E-state index contributed by atoms with van der Waals surface area (Å²) >= 11 is 2.35. The molecule has 0 bridgehead atoms. The topological polar surface area (TPSA) is 86.9 Å². The van der Waals surface area contributed by atoms with Crippen LogP contribution in [0.25, 0.3) is 16.6 Å². The molecule has 1 amide bonds. The van der Waals surface area contributed by atoms with Crippen LogP contribution in [0, 0.1) is 10.5 Å². The third kappa shape index (κ3) is 5.83. The first-order chi connectivity index (χ1) is 18.4. The van der Waals surface area contributed by atoms with Gasteiger partial charge in [-0.15, -0.1) is 0 Å². The number of aromatic nitrogens is 2. The number of nitrogens with one attached hydrogen (secondary N) is 1. The standard InChI is InChI=1S/C31H28IN3O3/c1-20-5-2-3-8-28(20)23-13-25(35-30(16-23)29(32)19-34-35)7-4-6-21-9-11-22(12-10-21)18-33-31(38)24-14-26(36)17-27(37)15-24/h2-3,5,8-17,19,36-37H,4,6-7,18H2,1H3,(H,33,38). The number of aryl methyl sites for hydroxylation is 3. The third-order valence-corrected chi connectivity index (χ3v) is 7.47. The molecule has 0 spiro atoms. The van der Waals surface area contributed by atoms with Gasteiger partial charge in [0.1, 0.15) is 11.5 Å². The number of amides is 1. The molecule has 0 radical (unpaired) electrons. The zero-order valence-corrected chi connectivity index (χ0v) is 23.1. The molecule has 6 nitrogen and oxygen atoms in total. The van der Waals surface area contributed by atoms with E-state index >= 15 is 0 Å². The van der Waals surface area contributed by atoms with Crippen molar-refractivity contribution in [3.05, 3.63) is 117 Å². The second-order valence-corrected chi connectivity index (χ2v) is 10.6. The minimum absolute atomic E-state index is 0.149. The molecule has 7 heteroatoms. The average molecular weight is 617 g/mol. The Morgan fingerprint density at radius 3 is 2.37 bits per heavy atom. The van der Waals surface area contributed by atoms with Gasteiger partial charge in [-0.25, -0.2) is 4.52 Å². The van der Waals surface area contributed by atoms with Crippen LogP contribution in [-0.2, 0) is 19.4 Å². The fraction of sp³-hybridized carbons (Fsp3) is 0.161. The van der Waals surface area contributed by atoms with Gasteiger partial charge in [0.05, 0.1) is 15.3 Å². The van der Waals surface area contributed by atoms with Gasteiger partial charge >= 0.3 is 0 Å².